The first kappa shape index (κ1) is 20.8. The summed E-state index contributed by atoms with van der Waals surface area (Å²) in [5, 5.41) is 14.0. The molecule has 29 heavy (non-hydrogen) atoms. The van der Waals surface area contributed by atoms with Crippen LogP contribution < -0.4 is 5.32 Å². The van der Waals surface area contributed by atoms with E-state index in [1.807, 2.05) is 0 Å². The number of nitro benzene ring substituents is 1. The molecular weight excluding hydrogens is 368 g/mol. The number of carbonyl (C=O) groups excluding carboxylic acids is 1. The Morgan fingerprint density at radius 1 is 1.10 bits per heavy atom. The summed E-state index contributed by atoms with van der Waals surface area (Å²) < 4.78 is 0. The molecule has 1 aliphatic rings. The lowest BCUT2D eigenvalue weighted by Crippen LogP contribution is -2.48. The van der Waals surface area contributed by atoms with Crippen LogP contribution in [-0.4, -0.2) is 53.9 Å². The lowest BCUT2D eigenvalue weighted by atomic mass is 10.0. The number of hydrogen-bond donors (Lipinski definition) is 1. The number of rotatable bonds is 6. The molecule has 0 spiro atoms. The van der Waals surface area contributed by atoms with Gasteiger partial charge in [0.25, 0.3) is 11.6 Å². The Hall–Kier alpha value is -2.93. The summed E-state index contributed by atoms with van der Waals surface area (Å²) in [5.41, 5.74) is 3.48. The third-order valence-corrected chi connectivity index (χ3v) is 5.43. The molecule has 1 heterocycles. The zero-order valence-electron chi connectivity index (χ0n) is 17.2. The van der Waals surface area contributed by atoms with Crippen molar-refractivity contribution in [3.05, 3.63) is 69.3 Å². The van der Waals surface area contributed by atoms with Gasteiger partial charge in [-0.2, -0.15) is 0 Å². The highest BCUT2D eigenvalue weighted by molar-refractivity contribution is 6.00. The Bertz CT molecular complexity index is 872. The molecule has 0 saturated carbocycles. The predicted molar refractivity (Wildman–Crippen MR) is 114 cm³/mol. The van der Waals surface area contributed by atoms with Crippen LogP contribution in [0.5, 0.6) is 0 Å². The molecule has 0 aliphatic carbocycles. The average Bonchev–Trinajstić information content (AvgIpc) is 2.73. The van der Waals surface area contributed by atoms with E-state index in [1.54, 1.807) is 18.0 Å². The second kappa shape index (κ2) is 9.05. The van der Waals surface area contributed by atoms with Crippen LogP contribution in [0.15, 0.2) is 42.5 Å². The second-order valence-electron chi connectivity index (χ2n) is 7.70. The van der Waals surface area contributed by atoms with Gasteiger partial charge >= 0.3 is 0 Å². The van der Waals surface area contributed by atoms with Crippen LogP contribution in [0.25, 0.3) is 0 Å². The Kier molecular flexibility index (Phi) is 6.49. The van der Waals surface area contributed by atoms with Crippen molar-refractivity contribution in [2.75, 3.05) is 38.5 Å². The van der Waals surface area contributed by atoms with Crippen molar-refractivity contribution >= 4 is 17.3 Å². The van der Waals surface area contributed by atoms with Crippen LogP contribution >= 0.6 is 0 Å². The van der Waals surface area contributed by atoms with E-state index >= 15 is 0 Å². The van der Waals surface area contributed by atoms with E-state index in [2.05, 4.69) is 48.3 Å². The number of amides is 1. The molecular formula is C22H28N4O3. The molecule has 0 atom stereocenters. The molecule has 0 aromatic heterocycles. The minimum Gasteiger partial charge on any atom is -0.387 e. The molecule has 0 unspecified atom stereocenters. The SMILES string of the molecule is CNc1ccc([N+](=O)[O-])cc1C(=O)N1CCN(Cc2ccc(C(C)C)cc2)CC1. The number of carbonyl (C=O) groups is 1. The minimum absolute atomic E-state index is 0.0733. The maximum atomic E-state index is 13.0. The smallest absolute Gasteiger partial charge is 0.270 e. The summed E-state index contributed by atoms with van der Waals surface area (Å²) in [6.07, 6.45) is 0. The molecule has 1 amide bonds. The van der Waals surface area contributed by atoms with Crippen LogP contribution in [-0.2, 0) is 6.54 Å². The van der Waals surface area contributed by atoms with Gasteiger partial charge in [0, 0.05) is 57.6 Å². The number of hydrogen-bond acceptors (Lipinski definition) is 5. The molecule has 7 nitrogen and oxygen atoms in total. The van der Waals surface area contributed by atoms with Crippen molar-refractivity contribution in [2.24, 2.45) is 0 Å². The van der Waals surface area contributed by atoms with E-state index < -0.39 is 4.92 Å². The summed E-state index contributed by atoms with van der Waals surface area (Å²) in [5.74, 6) is 0.355. The van der Waals surface area contributed by atoms with Crippen LogP contribution in [0.3, 0.4) is 0 Å². The molecule has 0 radical (unpaired) electrons. The van der Waals surface area contributed by atoms with E-state index in [0.717, 1.165) is 19.6 Å². The van der Waals surface area contributed by atoms with Gasteiger partial charge in [-0.25, -0.2) is 0 Å². The van der Waals surface area contributed by atoms with Gasteiger partial charge in [0.15, 0.2) is 0 Å². The van der Waals surface area contributed by atoms with Gasteiger partial charge in [-0.1, -0.05) is 38.1 Å². The molecule has 0 bridgehead atoms. The first-order chi connectivity index (χ1) is 13.9. The van der Waals surface area contributed by atoms with Crippen LogP contribution in [0.2, 0.25) is 0 Å². The summed E-state index contributed by atoms with van der Waals surface area (Å²) >= 11 is 0. The van der Waals surface area contributed by atoms with Crippen LogP contribution in [0.1, 0.15) is 41.3 Å². The number of non-ortho nitro benzene ring substituents is 1. The first-order valence-corrected chi connectivity index (χ1v) is 9.95. The molecule has 1 fully saturated rings. The van der Waals surface area contributed by atoms with E-state index in [1.165, 1.54) is 23.3 Å². The van der Waals surface area contributed by atoms with Crippen LogP contribution in [0.4, 0.5) is 11.4 Å². The highest BCUT2D eigenvalue weighted by atomic mass is 16.6. The predicted octanol–water partition coefficient (Wildman–Crippen LogP) is 3.72. The Morgan fingerprint density at radius 2 is 1.76 bits per heavy atom. The maximum absolute atomic E-state index is 13.0. The molecule has 154 valence electrons. The van der Waals surface area contributed by atoms with Gasteiger partial charge in [-0.05, 0) is 23.1 Å². The number of nitrogens with one attached hydrogen (secondary N) is 1. The van der Waals surface area contributed by atoms with Crippen molar-refractivity contribution in [1.82, 2.24) is 9.80 Å². The van der Waals surface area contributed by atoms with Crippen molar-refractivity contribution in [3.63, 3.8) is 0 Å². The molecule has 1 aliphatic heterocycles. The van der Waals surface area contributed by atoms with E-state index in [-0.39, 0.29) is 11.6 Å². The third-order valence-electron chi connectivity index (χ3n) is 5.43. The van der Waals surface area contributed by atoms with E-state index in [9.17, 15) is 14.9 Å². The fraction of sp³-hybridized carbons (Fsp3) is 0.409. The molecule has 3 rings (SSSR count). The van der Waals surface area contributed by atoms with Crippen LogP contribution in [0, 0.1) is 10.1 Å². The summed E-state index contributed by atoms with van der Waals surface area (Å²) in [4.78, 5) is 27.7. The first-order valence-electron chi connectivity index (χ1n) is 9.95. The fourth-order valence-corrected chi connectivity index (χ4v) is 3.59. The standard InChI is InChI=1S/C22H28N4O3/c1-16(2)18-6-4-17(5-7-18)15-24-10-12-25(13-11-24)22(27)20-14-19(26(28)29)8-9-21(20)23-3/h4-9,14,16,23H,10-13,15H2,1-3H3. The highest BCUT2D eigenvalue weighted by Crippen LogP contribution is 2.24. The summed E-state index contributed by atoms with van der Waals surface area (Å²) in [6.45, 7) is 8.00. The van der Waals surface area contributed by atoms with Crippen molar-refractivity contribution in [3.8, 4) is 0 Å². The highest BCUT2D eigenvalue weighted by Gasteiger charge is 2.25. The molecule has 7 heteroatoms. The number of benzene rings is 2. The molecule has 2 aromatic carbocycles. The third kappa shape index (κ3) is 4.92. The van der Waals surface area contributed by atoms with E-state index in [0.29, 0.717) is 30.3 Å². The van der Waals surface area contributed by atoms with Crippen molar-refractivity contribution < 1.29 is 9.72 Å². The molecule has 2 aromatic rings. The largest absolute Gasteiger partial charge is 0.387 e. The van der Waals surface area contributed by atoms with Gasteiger partial charge in [-0.15, -0.1) is 0 Å². The Balaban J connectivity index is 1.62. The number of nitrogens with zero attached hydrogens (tertiary/aromatic N) is 3. The normalized spacial score (nSPS) is 14.8. The van der Waals surface area contributed by atoms with Gasteiger partial charge < -0.3 is 10.2 Å². The van der Waals surface area contributed by atoms with Crippen molar-refractivity contribution in [1.29, 1.82) is 0 Å². The summed E-state index contributed by atoms with van der Waals surface area (Å²) in [6, 6.07) is 13.1. The fourth-order valence-electron chi connectivity index (χ4n) is 3.59. The zero-order valence-corrected chi connectivity index (χ0v) is 17.2. The zero-order chi connectivity index (χ0) is 21.0. The quantitative estimate of drug-likeness (QED) is 0.595. The lowest BCUT2D eigenvalue weighted by molar-refractivity contribution is -0.384. The monoisotopic (exact) mass is 396 g/mol. The minimum atomic E-state index is -0.473. The number of piperazine rings is 1. The maximum Gasteiger partial charge on any atom is 0.270 e. The molecule has 1 saturated heterocycles. The van der Waals surface area contributed by atoms with Gasteiger partial charge in [0.1, 0.15) is 0 Å². The number of nitro groups is 1. The van der Waals surface area contributed by atoms with Gasteiger partial charge in [-0.3, -0.25) is 19.8 Å². The van der Waals surface area contributed by atoms with Crippen molar-refractivity contribution in [2.45, 2.75) is 26.3 Å². The summed E-state index contributed by atoms with van der Waals surface area (Å²) in [7, 11) is 1.71. The Labute approximate surface area is 171 Å². The topological polar surface area (TPSA) is 78.7 Å². The lowest BCUT2D eigenvalue weighted by Gasteiger charge is -2.35. The Morgan fingerprint density at radius 3 is 2.31 bits per heavy atom. The average molecular weight is 396 g/mol. The van der Waals surface area contributed by atoms with Gasteiger partial charge in [0.2, 0.25) is 0 Å². The number of anilines is 1. The molecule has 1 N–H and O–H groups in total. The van der Waals surface area contributed by atoms with E-state index in [4.69, 9.17) is 0 Å². The second-order valence-corrected chi connectivity index (χ2v) is 7.70. The van der Waals surface area contributed by atoms with Gasteiger partial charge in [0.05, 0.1) is 10.5 Å².